The fourth-order valence-corrected chi connectivity index (χ4v) is 2.07. The highest BCUT2D eigenvalue weighted by Crippen LogP contribution is 2.21. The Morgan fingerprint density at radius 2 is 1.96 bits per heavy atom. The lowest BCUT2D eigenvalue weighted by molar-refractivity contribution is -0.118. The Morgan fingerprint density at radius 3 is 2.48 bits per heavy atom. The van der Waals surface area contributed by atoms with Crippen molar-refractivity contribution in [1.82, 2.24) is 15.5 Å². The van der Waals surface area contributed by atoms with Crippen LogP contribution in [0.1, 0.15) is 40.6 Å². The molecule has 1 atom stereocenters. The summed E-state index contributed by atoms with van der Waals surface area (Å²) in [5, 5.41) is 8.64. The Bertz CT molecular complexity index is 703. The predicted molar refractivity (Wildman–Crippen MR) is 79.0 cm³/mol. The van der Waals surface area contributed by atoms with Crippen LogP contribution in [-0.2, 0) is 4.79 Å². The van der Waals surface area contributed by atoms with E-state index >= 15 is 0 Å². The minimum atomic E-state index is -2.76. The third-order valence-corrected chi connectivity index (χ3v) is 3.30. The topological polar surface area (TPSA) is 101 Å². The summed E-state index contributed by atoms with van der Waals surface area (Å²) in [6.45, 7) is 0. The van der Waals surface area contributed by atoms with Crippen molar-refractivity contribution in [1.29, 1.82) is 0 Å². The van der Waals surface area contributed by atoms with Crippen LogP contribution in [0, 0.1) is 0 Å². The number of rotatable bonds is 6. The number of hydrogen-bond donors (Lipinski definition) is 3. The molecule has 0 fully saturated rings. The van der Waals surface area contributed by atoms with E-state index in [-0.39, 0.29) is 12.1 Å². The molecule has 0 saturated carbocycles. The van der Waals surface area contributed by atoms with Gasteiger partial charge in [0.05, 0.1) is 12.5 Å². The lowest BCUT2D eigenvalue weighted by Crippen LogP contribution is -2.32. The molecule has 0 aliphatic rings. The van der Waals surface area contributed by atoms with Crippen molar-refractivity contribution >= 4 is 23.4 Å². The average Bonchev–Trinajstić information content (AvgIpc) is 2.97. The minimum absolute atomic E-state index is 0.153. The second-order valence-corrected chi connectivity index (χ2v) is 5.19. The predicted octanol–water partition coefficient (Wildman–Crippen LogP) is 2.35. The normalized spacial score (nSPS) is 12.2. The zero-order valence-corrected chi connectivity index (χ0v) is 12.5. The van der Waals surface area contributed by atoms with Gasteiger partial charge in [-0.1, -0.05) is 23.7 Å². The summed E-state index contributed by atoms with van der Waals surface area (Å²) in [6.07, 6.45) is -2.92. The van der Waals surface area contributed by atoms with E-state index in [9.17, 15) is 18.4 Å². The molecule has 1 aromatic carbocycles. The van der Waals surface area contributed by atoms with Crippen LogP contribution in [0.15, 0.2) is 30.3 Å². The Kier molecular flexibility index (Phi) is 5.28. The molecule has 6 nitrogen and oxygen atoms in total. The molecule has 23 heavy (non-hydrogen) atoms. The summed E-state index contributed by atoms with van der Waals surface area (Å²) in [7, 11) is 0. The third-order valence-electron chi connectivity index (χ3n) is 3.05. The molecule has 4 N–H and O–H groups in total. The number of amides is 2. The van der Waals surface area contributed by atoms with Crippen LogP contribution in [0.2, 0.25) is 5.02 Å². The van der Waals surface area contributed by atoms with E-state index in [2.05, 4.69) is 15.5 Å². The molecule has 1 aromatic heterocycles. The van der Waals surface area contributed by atoms with Gasteiger partial charge in [-0.25, -0.2) is 8.78 Å². The van der Waals surface area contributed by atoms with Crippen molar-refractivity contribution in [3.63, 3.8) is 0 Å². The molecule has 0 unspecified atom stereocenters. The summed E-state index contributed by atoms with van der Waals surface area (Å²) in [5.74, 6) is -1.32. The molecule has 0 saturated heterocycles. The molecule has 0 aliphatic heterocycles. The van der Waals surface area contributed by atoms with Gasteiger partial charge in [0.1, 0.15) is 11.4 Å². The summed E-state index contributed by atoms with van der Waals surface area (Å²) in [5.41, 5.74) is 5.11. The van der Waals surface area contributed by atoms with Crippen molar-refractivity contribution in [2.24, 2.45) is 5.73 Å². The molecule has 1 heterocycles. The number of carbonyl (C=O) groups excluding carboxylic acids is 2. The van der Waals surface area contributed by atoms with E-state index in [1.165, 1.54) is 0 Å². The number of aromatic nitrogens is 2. The lowest BCUT2D eigenvalue weighted by atomic mass is 10.0. The Morgan fingerprint density at radius 1 is 1.30 bits per heavy atom. The van der Waals surface area contributed by atoms with Gasteiger partial charge in [0.2, 0.25) is 5.91 Å². The zero-order valence-electron chi connectivity index (χ0n) is 11.7. The van der Waals surface area contributed by atoms with Crippen molar-refractivity contribution in [3.05, 3.63) is 52.3 Å². The van der Waals surface area contributed by atoms with Crippen LogP contribution < -0.4 is 11.1 Å². The van der Waals surface area contributed by atoms with Gasteiger partial charge < -0.3 is 11.1 Å². The molecule has 2 aromatic rings. The first-order valence-electron chi connectivity index (χ1n) is 6.55. The number of nitrogens with one attached hydrogen (secondary N) is 2. The van der Waals surface area contributed by atoms with Crippen molar-refractivity contribution < 1.29 is 18.4 Å². The second kappa shape index (κ2) is 7.19. The highest BCUT2D eigenvalue weighted by Gasteiger charge is 2.21. The van der Waals surface area contributed by atoms with Crippen LogP contribution in [0.25, 0.3) is 0 Å². The van der Waals surface area contributed by atoms with Gasteiger partial charge in [0.15, 0.2) is 0 Å². The maximum atomic E-state index is 12.5. The number of primary amides is 1. The zero-order chi connectivity index (χ0) is 17.0. The molecule has 2 rings (SSSR count). The van der Waals surface area contributed by atoms with E-state index < -0.39 is 30.0 Å². The Hall–Kier alpha value is -2.48. The molecule has 2 amide bonds. The minimum Gasteiger partial charge on any atom is -0.370 e. The van der Waals surface area contributed by atoms with Gasteiger partial charge in [0, 0.05) is 5.02 Å². The van der Waals surface area contributed by atoms with Gasteiger partial charge in [-0.15, -0.1) is 0 Å². The molecule has 0 bridgehead atoms. The fraction of sp³-hybridized carbons (Fsp3) is 0.214. The number of alkyl halides is 2. The van der Waals surface area contributed by atoms with E-state index in [1.54, 1.807) is 24.3 Å². The molecule has 9 heteroatoms. The van der Waals surface area contributed by atoms with Crippen molar-refractivity contribution in [2.45, 2.75) is 18.9 Å². The molecular formula is C14H13ClF2N4O2. The van der Waals surface area contributed by atoms with Gasteiger partial charge in [-0.05, 0) is 23.8 Å². The average molecular weight is 343 g/mol. The monoisotopic (exact) mass is 342 g/mol. The molecule has 0 aliphatic carbocycles. The fourth-order valence-electron chi connectivity index (χ4n) is 1.95. The van der Waals surface area contributed by atoms with Crippen LogP contribution in [-0.4, -0.2) is 22.0 Å². The number of nitrogens with zero attached hydrogens (tertiary/aromatic N) is 1. The number of carbonyl (C=O) groups is 2. The first kappa shape index (κ1) is 16.9. The highest BCUT2D eigenvalue weighted by atomic mass is 35.5. The van der Waals surface area contributed by atoms with Gasteiger partial charge in [-0.3, -0.25) is 14.7 Å². The number of H-pyrrole nitrogens is 1. The highest BCUT2D eigenvalue weighted by molar-refractivity contribution is 6.30. The standard InChI is InChI=1S/C14H13ClF2N4O2/c15-8-3-1-7(2-4-8)9(6-12(18)22)19-14(23)11-5-10(13(16)17)20-21-11/h1-5,9,13H,6H2,(H2,18,22)(H,19,23)(H,20,21)/t9-/m0/s1. The largest absolute Gasteiger partial charge is 0.370 e. The van der Waals surface area contributed by atoms with E-state index in [4.69, 9.17) is 17.3 Å². The van der Waals surface area contributed by atoms with Gasteiger partial charge in [-0.2, -0.15) is 5.10 Å². The summed E-state index contributed by atoms with van der Waals surface area (Å²) >= 11 is 5.79. The van der Waals surface area contributed by atoms with Gasteiger partial charge in [0.25, 0.3) is 12.3 Å². The SMILES string of the molecule is NC(=O)C[C@H](NC(=O)c1cc(C(F)F)[nH]n1)c1ccc(Cl)cc1. The van der Waals surface area contributed by atoms with E-state index in [0.29, 0.717) is 10.6 Å². The van der Waals surface area contributed by atoms with Gasteiger partial charge >= 0.3 is 0 Å². The van der Waals surface area contributed by atoms with E-state index in [1.807, 2.05) is 0 Å². The number of hydrogen-bond acceptors (Lipinski definition) is 3. The number of nitrogens with two attached hydrogens (primary N) is 1. The number of halogens is 3. The molecule has 0 spiro atoms. The van der Waals surface area contributed by atoms with Crippen molar-refractivity contribution in [2.75, 3.05) is 0 Å². The Balaban J connectivity index is 2.17. The number of aromatic amines is 1. The van der Waals surface area contributed by atoms with E-state index in [0.717, 1.165) is 6.07 Å². The van der Waals surface area contributed by atoms with Crippen LogP contribution in [0.3, 0.4) is 0 Å². The first-order valence-corrected chi connectivity index (χ1v) is 6.92. The maximum Gasteiger partial charge on any atom is 0.279 e. The molecule has 122 valence electrons. The second-order valence-electron chi connectivity index (χ2n) is 4.76. The van der Waals surface area contributed by atoms with Crippen LogP contribution in [0.5, 0.6) is 0 Å². The smallest absolute Gasteiger partial charge is 0.279 e. The quantitative estimate of drug-likeness (QED) is 0.751. The molecule has 0 radical (unpaired) electrons. The third kappa shape index (κ3) is 4.49. The lowest BCUT2D eigenvalue weighted by Gasteiger charge is -2.17. The maximum absolute atomic E-state index is 12.5. The first-order chi connectivity index (χ1) is 10.9. The molecular weight excluding hydrogens is 330 g/mol. The summed E-state index contributed by atoms with van der Waals surface area (Å²) < 4.78 is 25.0. The Labute approximate surface area is 135 Å². The van der Waals surface area contributed by atoms with Crippen LogP contribution >= 0.6 is 11.6 Å². The van der Waals surface area contributed by atoms with Crippen LogP contribution in [0.4, 0.5) is 8.78 Å². The summed E-state index contributed by atoms with van der Waals surface area (Å²) in [4.78, 5) is 23.3. The summed E-state index contributed by atoms with van der Waals surface area (Å²) in [6, 6.07) is 6.69. The van der Waals surface area contributed by atoms with Crippen molar-refractivity contribution in [3.8, 4) is 0 Å². The number of benzene rings is 1.